The number of benzene rings is 1. The average Bonchev–Trinajstić information content (AvgIpc) is 2.71. The zero-order valence-corrected chi connectivity index (χ0v) is 13.9. The number of fused-ring (bicyclic) bond motifs is 2. The summed E-state index contributed by atoms with van der Waals surface area (Å²) in [4.78, 5) is 0.250. The fourth-order valence-corrected chi connectivity index (χ4v) is 5.02. The first-order chi connectivity index (χ1) is 9.44. The highest BCUT2D eigenvalue weighted by Crippen LogP contribution is 2.29. The second-order valence-electron chi connectivity index (χ2n) is 5.50. The molecule has 2 heterocycles. The summed E-state index contributed by atoms with van der Waals surface area (Å²) in [5, 5.41) is 4.01. The van der Waals surface area contributed by atoms with E-state index < -0.39 is 10.0 Å². The van der Waals surface area contributed by atoms with Crippen LogP contribution in [0.25, 0.3) is 0 Å². The first-order valence-electron chi connectivity index (χ1n) is 6.67. The zero-order valence-electron chi connectivity index (χ0n) is 10.8. The van der Waals surface area contributed by atoms with Crippen LogP contribution in [0.4, 0.5) is 0 Å². The van der Waals surface area contributed by atoms with Crippen molar-refractivity contribution in [2.24, 2.45) is 0 Å². The Balaban J connectivity index is 1.76. The number of sulfonamides is 1. The molecule has 20 heavy (non-hydrogen) atoms. The van der Waals surface area contributed by atoms with Crippen LogP contribution < -0.4 is 10.0 Å². The van der Waals surface area contributed by atoms with Gasteiger partial charge in [0.1, 0.15) is 0 Å². The van der Waals surface area contributed by atoms with Crippen LogP contribution >= 0.6 is 27.5 Å². The predicted octanol–water partition coefficient (Wildman–Crippen LogP) is 2.66. The topological polar surface area (TPSA) is 58.2 Å². The van der Waals surface area contributed by atoms with Crippen molar-refractivity contribution in [3.63, 3.8) is 0 Å². The molecule has 2 aliphatic rings. The summed E-state index contributed by atoms with van der Waals surface area (Å²) in [6, 6.07) is 5.60. The molecule has 2 fully saturated rings. The van der Waals surface area contributed by atoms with E-state index in [1.54, 1.807) is 12.1 Å². The molecule has 0 spiro atoms. The van der Waals surface area contributed by atoms with Crippen molar-refractivity contribution in [3.05, 3.63) is 27.7 Å². The third kappa shape index (κ3) is 3.04. The third-order valence-electron chi connectivity index (χ3n) is 4.00. The summed E-state index contributed by atoms with van der Waals surface area (Å²) in [7, 11) is -3.48. The molecular weight excluding hydrogens is 364 g/mol. The molecule has 1 aromatic carbocycles. The van der Waals surface area contributed by atoms with Crippen molar-refractivity contribution in [3.8, 4) is 0 Å². The van der Waals surface area contributed by atoms with Gasteiger partial charge in [0.15, 0.2) is 0 Å². The van der Waals surface area contributed by atoms with Crippen LogP contribution in [0.2, 0.25) is 5.02 Å². The maximum atomic E-state index is 12.4. The summed E-state index contributed by atoms with van der Waals surface area (Å²) in [5.41, 5.74) is 0. The SMILES string of the molecule is O=S(=O)(NC1CC2CCC(C1)N2)c1ccc(Cl)c(Br)c1. The van der Waals surface area contributed by atoms with Crippen LogP contribution in [0.5, 0.6) is 0 Å². The van der Waals surface area contributed by atoms with Gasteiger partial charge in [-0.1, -0.05) is 11.6 Å². The van der Waals surface area contributed by atoms with Crippen LogP contribution in [-0.2, 0) is 10.0 Å². The highest BCUT2D eigenvalue weighted by atomic mass is 79.9. The van der Waals surface area contributed by atoms with Gasteiger partial charge in [0.2, 0.25) is 10.0 Å². The highest BCUT2D eigenvalue weighted by Gasteiger charge is 2.35. The Bertz CT molecular complexity index is 611. The van der Waals surface area contributed by atoms with Crippen molar-refractivity contribution in [1.82, 2.24) is 10.0 Å². The molecule has 2 saturated heterocycles. The van der Waals surface area contributed by atoms with Gasteiger partial charge in [-0.05, 0) is 59.8 Å². The first kappa shape index (κ1) is 14.8. The minimum Gasteiger partial charge on any atom is -0.311 e. The lowest BCUT2D eigenvalue weighted by atomic mass is 10.0. The monoisotopic (exact) mass is 378 g/mol. The highest BCUT2D eigenvalue weighted by molar-refractivity contribution is 9.10. The fraction of sp³-hybridized carbons (Fsp3) is 0.538. The van der Waals surface area contributed by atoms with Crippen LogP contribution in [0.1, 0.15) is 25.7 Å². The second kappa shape index (κ2) is 5.57. The first-order valence-corrected chi connectivity index (χ1v) is 9.33. The van der Waals surface area contributed by atoms with Gasteiger partial charge in [-0.25, -0.2) is 13.1 Å². The van der Waals surface area contributed by atoms with Gasteiger partial charge in [-0.2, -0.15) is 0 Å². The maximum absolute atomic E-state index is 12.4. The van der Waals surface area contributed by atoms with Crippen LogP contribution in [0.15, 0.2) is 27.6 Å². The van der Waals surface area contributed by atoms with E-state index in [2.05, 4.69) is 26.0 Å². The van der Waals surface area contributed by atoms with Gasteiger partial charge in [-0.15, -0.1) is 0 Å². The lowest BCUT2D eigenvalue weighted by Gasteiger charge is -2.29. The number of hydrogen-bond acceptors (Lipinski definition) is 3. The van der Waals surface area contributed by atoms with Crippen molar-refractivity contribution < 1.29 is 8.42 Å². The summed E-state index contributed by atoms with van der Waals surface area (Å²) in [6.07, 6.45) is 4.03. The molecule has 2 N–H and O–H groups in total. The van der Waals surface area contributed by atoms with E-state index in [0.717, 1.165) is 25.7 Å². The largest absolute Gasteiger partial charge is 0.311 e. The van der Waals surface area contributed by atoms with Crippen molar-refractivity contribution in [2.75, 3.05) is 0 Å². The van der Waals surface area contributed by atoms with E-state index >= 15 is 0 Å². The Morgan fingerprint density at radius 2 is 1.90 bits per heavy atom. The van der Waals surface area contributed by atoms with Crippen LogP contribution in [0.3, 0.4) is 0 Å². The maximum Gasteiger partial charge on any atom is 0.240 e. The molecule has 0 saturated carbocycles. The number of rotatable bonds is 3. The third-order valence-corrected chi connectivity index (χ3v) is 6.73. The van der Waals surface area contributed by atoms with Crippen LogP contribution in [0, 0.1) is 0 Å². The van der Waals surface area contributed by atoms with Gasteiger partial charge in [0, 0.05) is 22.6 Å². The molecule has 0 amide bonds. The molecule has 0 aromatic heterocycles. The summed E-state index contributed by atoms with van der Waals surface area (Å²) < 4.78 is 28.2. The van der Waals surface area contributed by atoms with E-state index in [9.17, 15) is 8.42 Å². The number of piperidine rings is 1. The van der Waals surface area contributed by atoms with Crippen molar-refractivity contribution >= 4 is 37.6 Å². The second-order valence-corrected chi connectivity index (χ2v) is 8.48. The Labute approximate surface area is 132 Å². The fourth-order valence-electron chi connectivity index (χ4n) is 3.08. The van der Waals surface area contributed by atoms with Gasteiger partial charge < -0.3 is 5.32 Å². The molecule has 4 nitrogen and oxygen atoms in total. The summed E-state index contributed by atoms with van der Waals surface area (Å²) in [6.45, 7) is 0. The molecule has 3 rings (SSSR count). The Kier molecular flexibility index (Phi) is 4.12. The molecule has 2 bridgehead atoms. The van der Waals surface area contributed by atoms with Gasteiger partial charge >= 0.3 is 0 Å². The molecule has 2 atom stereocenters. The standard InChI is InChI=1S/C13H16BrClN2O2S/c14-12-7-11(3-4-13(12)15)20(18,19)17-10-5-8-1-2-9(6-10)16-8/h3-4,7-10,16-17H,1-2,5-6H2. The normalized spacial score (nSPS) is 29.6. The van der Waals surface area contributed by atoms with E-state index in [1.165, 1.54) is 6.07 Å². The molecule has 0 aliphatic carbocycles. The zero-order chi connectivity index (χ0) is 14.3. The van der Waals surface area contributed by atoms with Crippen molar-refractivity contribution in [2.45, 2.75) is 48.7 Å². The van der Waals surface area contributed by atoms with E-state index in [-0.39, 0.29) is 10.9 Å². The predicted molar refractivity (Wildman–Crippen MR) is 82.4 cm³/mol. The van der Waals surface area contributed by atoms with E-state index in [1.807, 2.05) is 0 Å². The summed E-state index contributed by atoms with van der Waals surface area (Å²) in [5.74, 6) is 0. The van der Waals surface area contributed by atoms with Gasteiger partial charge in [0.05, 0.1) is 9.92 Å². The molecule has 7 heteroatoms. The quantitative estimate of drug-likeness (QED) is 0.849. The lowest BCUT2D eigenvalue weighted by molar-refractivity contribution is 0.345. The van der Waals surface area contributed by atoms with E-state index in [4.69, 9.17) is 11.6 Å². The number of nitrogens with one attached hydrogen (secondary N) is 2. The van der Waals surface area contributed by atoms with Crippen LogP contribution in [-0.4, -0.2) is 26.5 Å². The molecular formula is C13H16BrClN2O2S. The Morgan fingerprint density at radius 3 is 2.50 bits per heavy atom. The van der Waals surface area contributed by atoms with E-state index in [0.29, 0.717) is 21.6 Å². The average molecular weight is 380 g/mol. The molecule has 1 aromatic rings. The minimum atomic E-state index is -3.48. The smallest absolute Gasteiger partial charge is 0.240 e. The number of hydrogen-bond donors (Lipinski definition) is 2. The molecule has 2 unspecified atom stereocenters. The molecule has 2 aliphatic heterocycles. The van der Waals surface area contributed by atoms with Crippen molar-refractivity contribution in [1.29, 1.82) is 0 Å². The Hall–Kier alpha value is -0.140. The molecule has 110 valence electrons. The summed E-state index contributed by atoms with van der Waals surface area (Å²) >= 11 is 9.16. The molecule has 0 radical (unpaired) electrons. The lowest BCUT2D eigenvalue weighted by Crippen LogP contribution is -2.47. The minimum absolute atomic E-state index is 0.0215. The van der Waals surface area contributed by atoms with Gasteiger partial charge in [-0.3, -0.25) is 0 Å². The number of halogens is 2. The Morgan fingerprint density at radius 1 is 1.25 bits per heavy atom. The van der Waals surface area contributed by atoms with Gasteiger partial charge in [0.25, 0.3) is 0 Å².